The predicted molar refractivity (Wildman–Crippen MR) is 85.6 cm³/mol. The summed E-state index contributed by atoms with van der Waals surface area (Å²) in [6.45, 7) is 3.04. The van der Waals surface area contributed by atoms with E-state index >= 15 is 0 Å². The van der Waals surface area contributed by atoms with Crippen molar-refractivity contribution in [2.45, 2.75) is 19.9 Å². The third-order valence-electron chi connectivity index (χ3n) is 3.43. The van der Waals surface area contributed by atoms with E-state index in [1.54, 1.807) is 12.1 Å². The van der Waals surface area contributed by atoms with E-state index in [2.05, 4.69) is 6.07 Å². The van der Waals surface area contributed by atoms with Gasteiger partial charge in [-0.3, -0.25) is 4.79 Å². The van der Waals surface area contributed by atoms with Crippen molar-refractivity contribution in [2.75, 3.05) is 11.4 Å². The SMILES string of the molecule is Cc1ccc(CN(CCC(=O)O)c2cccc(C#N)c2)cc1. The summed E-state index contributed by atoms with van der Waals surface area (Å²) in [6.07, 6.45) is 0.0582. The Bertz CT molecular complexity index is 687. The lowest BCUT2D eigenvalue weighted by atomic mass is 10.1. The zero-order chi connectivity index (χ0) is 15.9. The Labute approximate surface area is 130 Å². The standard InChI is InChI=1S/C18H18N2O2/c1-14-5-7-15(8-6-14)13-20(10-9-18(21)22)17-4-2-3-16(11-17)12-19/h2-8,11H,9-10,13H2,1H3,(H,21,22). The zero-order valence-electron chi connectivity index (χ0n) is 12.5. The fourth-order valence-electron chi connectivity index (χ4n) is 2.22. The number of aliphatic carboxylic acids is 1. The fraction of sp³-hybridized carbons (Fsp3) is 0.222. The minimum Gasteiger partial charge on any atom is -0.481 e. The Kier molecular flexibility index (Phi) is 5.16. The number of carbonyl (C=O) groups is 1. The van der Waals surface area contributed by atoms with E-state index in [0.29, 0.717) is 18.7 Å². The molecular formula is C18H18N2O2. The minimum absolute atomic E-state index is 0.0582. The van der Waals surface area contributed by atoms with E-state index in [9.17, 15) is 4.79 Å². The van der Waals surface area contributed by atoms with Gasteiger partial charge in [0.05, 0.1) is 18.1 Å². The summed E-state index contributed by atoms with van der Waals surface area (Å²) in [4.78, 5) is 12.9. The molecule has 2 rings (SSSR count). The molecule has 0 bridgehead atoms. The molecule has 112 valence electrons. The number of aryl methyl sites for hydroxylation is 1. The van der Waals surface area contributed by atoms with Crippen LogP contribution in [0.1, 0.15) is 23.1 Å². The number of nitrogens with zero attached hydrogens (tertiary/aromatic N) is 2. The van der Waals surface area contributed by atoms with Crippen LogP contribution >= 0.6 is 0 Å². The van der Waals surface area contributed by atoms with Gasteiger partial charge >= 0.3 is 5.97 Å². The number of nitriles is 1. The third kappa shape index (κ3) is 4.35. The molecule has 4 nitrogen and oxygen atoms in total. The molecule has 0 aliphatic carbocycles. The topological polar surface area (TPSA) is 64.3 Å². The van der Waals surface area contributed by atoms with Crippen LogP contribution in [0.15, 0.2) is 48.5 Å². The lowest BCUT2D eigenvalue weighted by Crippen LogP contribution is -2.25. The van der Waals surface area contributed by atoms with Gasteiger partial charge in [0.2, 0.25) is 0 Å². The molecule has 0 aromatic heterocycles. The Morgan fingerprint density at radius 3 is 2.59 bits per heavy atom. The van der Waals surface area contributed by atoms with Crippen molar-refractivity contribution in [3.8, 4) is 6.07 Å². The Hall–Kier alpha value is -2.80. The molecule has 22 heavy (non-hydrogen) atoms. The van der Waals surface area contributed by atoms with E-state index in [-0.39, 0.29) is 6.42 Å². The molecular weight excluding hydrogens is 276 g/mol. The Balaban J connectivity index is 2.23. The molecule has 0 amide bonds. The molecule has 0 atom stereocenters. The van der Waals surface area contributed by atoms with Crippen LogP contribution in [0.25, 0.3) is 0 Å². The van der Waals surface area contributed by atoms with Gasteiger partial charge in [0, 0.05) is 18.8 Å². The maximum atomic E-state index is 10.9. The van der Waals surface area contributed by atoms with Crippen molar-refractivity contribution in [1.82, 2.24) is 0 Å². The van der Waals surface area contributed by atoms with Gasteiger partial charge in [-0.1, -0.05) is 35.9 Å². The van der Waals surface area contributed by atoms with Crippen molar-refractivity contribution in [2.24, 2.45) is 0 Å². The van der Waals surface area contributed by atoms with Gasteiger partial charge in [-0.15, -0.1) is 0 Å². The monoisotopic (exact) mass is 294 g/mol. The second kappa shape index (κ2) is 7.28. The number of hydrogen-bond donors (Lipinski definition) is 1. The first-order valence-corrected chi connectivity index (χ1v) is 7.11. The van der Waals surface area contributed by atoms with Crippen LogP contribution in [0, 0.1) is 18.3 Å². The predicted octanol–water partition coefficient (Wildman–Crippen LogP) is 3.35. The molecule has 0 aliphatic heterocycles. The smallest absolute Gasteiger partial charge is 0.305 e. The molecule has 1 N–H and O–H groups in total. The molecule has 0 radical (unpaired) electrons. The highest BCUT2D eigenvalue weighted by atomic mass is 16.4. The number of carboxylic acid groups (broad SMARTS) is 1. The normalized spacial score (nSPS) is 10.0. The number of anilines is 1. The van der Waals surface area contributed by atoms with Crippen molar-refractivity contribution >= 4 is 11.7 Å². The molecule has 0 saturated carbocycles. The quantitative estimate of drug-likeness (QED) is 0.887. The molecule has 0 aliphatic rings. The van der Waals surface area contributed by atoms with Crippen LogP contribution in [-0.2, 0) is 11.3 Å². The average molecular weight is 294 g/mol. The first-order valence-electron chi connectivity index (χ1n) is 7.11. The van der Waals surface area contributed by atoms with Crippen LogP contribution in [0.3, 0.4) is 0 Å². The number of hydrogen-bond acceptors (Lipinski definition) is 3. The molecule has 2 aromatic carbocycles. The van der Waals surface area contributed by atoms with Crippen LogP contribution in [0.2, 0.25) is 0 Å². The van der Waals surface area contributed by atoms with Gasteiger partial charge in [0.1, 0.15) is 0 Å². The highest BCUT2D eigenvalue weighted by Gasteiger charge is 2.10. The first kappa shape index (κ1) is 15.6. The van der Waals surface area contributed by atoms with Gasteiger partial charge in [-0.05, 0) is 30.7 Å². The molecule has 4 heteroatoms. The van der Waals surface area contributed by atoms with Gasteiger partial charge < -0.3 is 10.0 Å². The Morgan fingerprint density at radius 1 is 1.23 bits per heavy atom. The van der Waals surface area contributed by atoms with E-state index in [1.165, 1.54) is 5.56 Å². The summed E-state index contributed by atoms with van der Waals surface area (Å²) in [5, 5.41) is 18.0. The fourth-order valence-corrected chi connectivity index (χ4v) is 2.22. The molecule has 0 heterocycles. The largest absolute Gasteiger partial charge is 0.481 e. The van der Waals surface area contributed by atoms with Gasteiger partial charge in [-0.2, -0.15) is 5.26 Å². The zero-order valence-corrected chi connectivity index (χ0v) is 12.5. The number of benzene rings is 2. The van der Waals surface area contributed by atoms with Crippen molar-refractivity contribution in [1.29, 1.82) is 5.26 Å². The van der Waals surface area contributed by atoms with E-state index < -0.39 is 5.97 Å². The Morgan fingerprint density at radius 2 is 1.95 bits per heavy atom. The van der Waals surface area contributed by atoms with Gasteiger partial charge in [-0.25, -0.2) is 0 Å². The van der Waals surface area contributed by atoms with Crippen LogP contribution < -0.4 is 4.90 Å². The van der Waals surface area contributed by atoms with Gasteiger partial charge in [0.15, 0.2) is 0 Å². The van der Waals surface area contributed by atoms with Crippen molar-refractivity contribution in [3.63, 3.8) is 0 Å². The molecule has 0 spiro atoms. The maximum absolute atomic E-state index is 10.9. The number of rotatable bonds is 6. The second-order valence-electron chi connectivity index (χ2n) is 5.21. The molecule has 0 saturated heterocycles. The molecule has 0 unspecified atom stereocenters. The summed E-state index contributed by atoms with van der Waals surface area (Å²) < 4.78 is 0. The van der Waals surface area contributed by atoms with Gasteiger partial charge in [0.25, 0.3) is 0 Å². The minimum atomic E-state index is -0.828. The van der Waals surface area contributed by atoms with Crippen LogP contribution in [-0.4, -0.2) is 17.6 Å². The summed E-state index contributed by atoms with van der Waals surface area (Å²) >= 11 is 0. The maximum Gasteiger partial charge on any atom is 0.305 e. The summed E-state index contributed by atoms with van der Waals surface area (Å²) in [6, 6.07) is 17.5. The van der Waals surface area contributed by atoms with Crippen LogP contribution in [0.4, 0.5) is 5.69 Å². The summed E-state index contributed by atoms with van der Waals surface area (Å²) in [7, 11) is 0. The second-order valence-corrected chi connectivity index (χ2v) is 5.21. The van der Waals surface area contributed by atoms with E-state index in [4.69, 9.17) is 10.4 Å². The highest BCUT2D eigenvalue weighted by Crippen LogP contribution is 2.19. The lowest BCUT2D eigenvalue weighted by molar-refractivity contribution is -0.136. The summed E-state index contributed by atoms with van der Waals surface area (Å²) in [5.74, 6) is -0.828. The first-order chi connectivity index (χ1) is 10.6. The molecule has 2 aromatic rings. The third-order valence-corrected chi connectivity index (χ3v) is 3.43. The van der Waals surface area contributed by atoms with Crippen LogP contribution in [0.5, 0.6) is 0 Å². The van der Waals surface area contributed by atoms with Crippen molar-refractivity contribution in [3.05, 3.63) is 65.2 Å². The average Bonchev–Trinajstić information content (AvgIpc) is 2.53. The number of carboxylic acids is 1. The van der Waals surface area contributed by atoms with E-state index in [0.717, 1.165) is 11.3 Å². The van der Waals surface area contributed by atoms with Crippen molar-refractivity contribution < 1.29 is 9.90 Å². The lowest BCUT2D eigenvalue weighted by Gasteiger charge is -2.24. The summed E-state index contributed by atoms with van der Waals surface area (Å²) in [5.41, 5.74) is 3.73. The van der Waals surface area contributed by atoms with E-state index in [1.807, 2.05) is 48.2 Å². The highest BCUT2D eigenvalue weighted by molar-refractivity contribution is 5.67. The molecule has 0 fully saturated rings.